The van der Waals surface area contributed by atoms with Crippen LogP contribution in [0.2, 0.25) is 0 Å². The van der Waals surface area contributed by atoms with E-state index in [1.54, 1.807) is 42.5 Å². The van der Waals surface area contributed by atoms with Gasteiger partial charge in [-0.3, -0.25) is 0 Å². The number of unbranched alkanes of at least 4 members (excludes halogenated alkanes) is 3. The second-order valence-corrected chi connectivity index (χ2v) is 7.04. The lowest BCUT2D eigenvalue weighted by atomic mass is 10.0. The molecule has 0 heterocycles. The second kappa shape index (κ2) is 10.8. The molecule has 0 bridgehead atoms. The zero-order chi connectivity index (χ0) is 21.2. The summed E-state index contributed by atoms with van der Waals surface area (Å²) in [6.07, 6.45) is 4.56. The van der Waals surface area contributed by atoms with Crippen molar-refractivity contribution in [2.24, 2.45) is 0 Å². The maximum Gasteiger partial charge on any atom is 0.343 e. The molecule has 4 heteroatoms. The van der Waals surface area contributed by atoms with Crippen molar-refractivity contribution in [3.63, 3.8) is 0 Å². The van der Waals surface area contributed by atoms with E-state index in [0.29, 0.717) is 29.2 Å². The molecule has 0 amide bonds. The van der Waals surface area contributed by atoms with Gasteiger partial charge < -0.3 is 9.47 Å². The third-order valence-corrected chi connectivity index (χ3v) is 4.75. The predicted octanol–water partition coefficient (Wildman–Crippen LogP) is 6.40. The van der Waals surface area contributed by atoms with Gasteiger partial charge >= 0.3 is 5.97 Å². The van der Waals surface area contributed by atoms with Crippen molar-refractivity contribution in [2.45, 2.75) is 32.6 Å². The van der Waals surface area contributed by atoms with Gasteiger partial charge in [0.2, 0.25) is 0 Å². The van der Waals surface area contributed by atoms with E-state index >= 15 is 0 Å². The minimum atomic E-state index is -0.419. The molecule has 0 aliphatic carbocycles. The zero-order valence-corrected chi connectivity index (χ0v) is 17.1. The molecule has 3 rings (SSSR count). The van der Waals surface area contributed by atoms with Crippen LogP contribution in [0.3, 0.4) is 0 Å². The van der Waals surface area contributed by atoms with E-state index in [2.05, 4.69) is 13.0 Å². The Balaban J connectivity index is 1.59. The lowest BCUT2D eigenvalue weighted by Gasteiger charge is -2.09. The molecule has 0 N–H and O–H groups in total. The van der Waals surface area contributed by atoms with Gasteiger partial charge in [-0.1, -0.05) is 56.5 Å². The molecule has 0 aliphatic rings. The number of nitriles is 1. The average Bonchev–Trinajstić information content (AvgIpc) is 2.80. The molecule has 4 nitrogen and oxygen atoms in total. The van der Waals surface area contributed by atoms with Gasteiger partial charge in [0.15, 0.2) is 0 Å². The van der Waals surface area contributed by atoms with Crippen LogP contribution in [0.5, 0.6) is 11.5 Å². The van der Waals surface area contributed by atoms with Crippen LogP contribution in [0, 0.1) is 11.3 Å². The van der Waals surface area contributed by atoms with Crippen LogP contribution < -0.4 is 9.47 Å². The summed E-state index contributed by atoms with van der Waals surface area (Å²) in [6.45, 7) is 2.83. The largest absolute Gasteiger partial charge is 0.494 e. The zero-order valence-electron chi connectivity index (χ0n) is 17.1. The Morgan fingerprint density at radius 2 is 1.57 bits per heavy atom. The summed E-state index contributed by atoms with van der Waals surface area (Å²) in [4.78, 5) is 12.5. The highest BCUT2D eigenvalue weighted by Crippen LogP contribution is 2.24. The summed E-state index contributed by atoms with van der Waals surface area (Å²) in [7, 11) is 0. The van der Waals surface area contributed by atoms with Crippen LogP contribution in [-0.4, -0.2) is 12.6 Å². The van der Waals surface area contributed by atoms with Gasteiger partial charge in [0, 0.05) is 0 Å². The van der Waals surface area contributed by atoms with E-state index in [0.717, 1.165) is 24.0 Å². The molecule has 3 aromatic carbocycles. The summed E-state index contributed by atoms with van der Waals surface area (Å²) in [5.41, 5.74) is 3.06. The SMILES string of the molecule is CCCCCCOc1cccc(C(=O)Oc2ccc(-c3ccc(C#N)cc3)cc2)c1. The van der Waals surface area contributed by atoms with E-state index in [9.17, 15) is 4.79 Å². The van der Waals surface area contributed by atoms with Gasteiger partial charge in [-0.15, -0.1) is 0 Å². The smallest absolute Gasteiger partial charge is 0.343 e. The number of rotatable bonds is 9. The molecule has 30 heavy (non-hydrogen) atoms. The second-order valence-electron chi connectivity index (χ2n) is 7.04. The fraction of sp³-hybridized carbons (Fsp3) is 0.231. The molecule has 152 valence electrons. The van der Waals surface area contributed by atoms with Gasteiger partial charge in [0.1, 0.15) is 11.5 Å². The van der Waals surface area contributed by atoms with Crippen LogP contribution in [0.4, 0.5) is 0 Å². The monoisotopic (exact) mass is 399 g/mol. The molecule has 3 aromatic rings. The van der Waals surface area contributed by atoms with E-state index < -0.39 is 5.97 Å². The normalized spacial score (nSPS) is 10.3. The van der Waals surface area contributed by atoms with Crippen LogP contribution in [0.15, 0.2) is 72.8 Å². The van der Waals surface area contributed by atoms with Crippen LogP contribution in [-0.2, 0) is 0 Å². The average molecular weight is 399 g/mol. The molecule has 0 spiro atoms. The summed E-state index contributed by atoms with van der Waals surface area (Å²) in [5, 5.41) is 8.90. The summed E-state index contributed by atoms with van der Waals surface area (Å²) in [5.74, 6) is 0.734. The summed E-state index contributed by atoms with van der Waals surface area (Å²) < 4.78 is 11.2. The molecule has 0 saturated heterocycles. The van der Waals surface area contributed by atoms with Gasteiger partial charge in [0.25, 0.3) is 0 Å². The Kier molecular flexibility index (Phi) is 7.63. The lowest BCUT2D eigenvalue weighted by Crippen LogP contribution is -2.08. The number of carbonyl (C=O) groups excluding carboxylic acids is 1. The first-order valence-corrected chi connectivity index (χ1v) is 10.2. The van der Waals surface area contributed by atoms with Crippen LogP contribution >= 0.6 is 0 Å². The molecule has 0 radical (unpaired) electrons. The number of nitrogens with zero attached hydrogens (tertiary/aromatic N) is 1. The van der Waals surface area contributed by atoms with Crippen molar-refractivity contribution < 1.29 is 14.3 Å². The van der Waals surface area contributed by atoms with Crippen LogP contribution in [0.1, 0.15) is 48.5 Å². The van der Waals surface area contributed by atoms with Crippen molar-refractivity contribution in [3.8, 4) is 28.7 Å². The molecule has 0 unspecified atom stereocenters. The Hall–Kier alpha value is -3.58. The standard InChI is InChI=1S/C26H25NO3/c1-2-3-4-5-17-29-25-8-6-7-23(18-25)26(28)30-24-15-13-22(14-16-24)21-11-9-20(19-27)10-12-21/h6-16,18H,2-5,17H2,1H3. The molecule has 0 aliphatic heterocycles. The third kappa shape index (κ3) is 5.96. The van der Waals surface area contributed by atoms with E-state index in [1.807, 2.05) is 30.3 Å². The Morgan fingerprint density at radius 3 is 2.23 bits per heavy atom. The fourth-order valence-electron chi connectivity index (χ4n) is 3.05. The van der Waals surface area contributed by atoms with Gasteiger partial charge in [-0.25, -0.2) is 4.79 Å². The Morgan fingerprint density at radius 1 is 0.867 bits per heavy atom. The molecule has 0 fully saturated rings. The first-order chi connectivity index (χ1) is 14.7. The van der Waals surface area contributed by atoms with Gasteiger partial charge in [-0.05, 0) is 60.0 Å². The van der Waals surface area contributed by atoms with E-state index in [1.165, 1.54) is 12.8 Å². The fourth-order valence-corrected chi connectivity index (χ4v) is 3.05. The molecular weight excluding hydrogens is 374 g/mol. The highest BCUT2D eigenvalue weighted by atomic mass is 16.5. The first kappa shape index (κ1) is 21.1. The van der Waals surface area contributed by atoms with Crippen molar-refractivity contribution >= 4 is 5.97 Å². The lowest BCUT2D eigenvalue weighted by molar-refractivity contribution is 0.0734. The topological polar surface area (TPSA) is 59.3 Å². The first-order valence-electron chi connectivity index (χ1n) is 10.2. The van der Waals surface area contributed by atoms with Crippen molar-refractivity contribution in [2.75, 3.05) is 6.61 Å². The van der Waals surface area contributed by atoms with Crippen molar-refractivity contribution in [3.05, 3.63) is 83.9 Å². The van der Waals surface area contributed by atoms with Crippen molar-refractivity contribution in [1.29, 1.82) is 5.26 Å². The number of esters is 1. The van der Waals surface area contributed by atoms with Gasteiger partial charge in [-0.2, -0.15) is 5.26 Å². The quantitative estimate of drug-likeness (QED) is 0.237. The van der Waals surface area contributed by atoms with Crippen molar-refractivity contribution in [1.82, 2.24) is 0 Å². The number of benzene rings is 3. The van der Waals surface area contributed by atoms with E-state index in [-0.39, 0.29) is 0 Å². The molecular formula is C26H25NO3. The Bertz CT molecular complexity index is 1000. The van der Waals surface area contributed by atoms with E-state index in [4.69, 9.17) is 14.7 Å². The molecule has 0 saturated carbocycles. The maximum atomic E-state index is 12.5. The van der Waals surface area contributed by atoms with Gasteiger partial charge in [0.05, 0.1) is 23.8 Å². The minimum Gasteiger partial charge on any atom is -0.494 e. The summed E-state index contributed by atoms with van der Waals surface area (Å²) >= 11 is 0. The number of hydrogen-bond acceptors (Lipinski definition) is 4. The number of carbonyl (C=O) groups is 1. The molecule has 0 atom stereocenters. The Labute approximate surface area is 177 Å². The number of hydrogen-bond donors (Lipinski definition) is 0. The highest BCUT2D eigenvalue weighted by Gasteiger charge is 2.10. The van der Waals surface area contributed by atoms with Crippen LogP contribution in [0.25, 0.3) is 11.1 Å². The number of ether oxygens (including phenoxy) is 2. The molecule has 0 aromatic heterocycles. The third-order valence-electron chi connectivity index (χ3n) is 4.75. The highest BCUT2D eigenvalue weighted by molar-refractivity contribution is 5.91. The summed E-state index contributed by atoms with van der Waals surface area (Å²) in [6, 6.07) is 23.8. The minimum absolute atomic E-state index is 0.419. The predicted molar refractivity (Wildman–Crippen MR) is 118 cm³/mol. The maximum absolute atomic E-state index is 12.5.